The first-order valence-corrected chi connectivity index (χ1v) is 7.05. The van der Waals surface area contributed by atoms with Crippen LogP contribution in [0.25, 0.3) is 0 Å². The standard InChI is InChI=1S/C13H25N5/c1-3-7-18(9-12-5-4-6-14-8-12)10-13-15-11-16-17(13)2/h11-12,14H,3-10H2,1-2H3. The molecule has 0 amide bonds. The lowest BCUT2D eigenvalue weighted by molar-refractivity contribution is 0.195. The summed E-state index contributed by atoms with van der Waals surface area (Å²) in [6.07, 6.45) is 5.50. The van der Waals surface area contributed by atoms with Crippen LogP contribution in [0, 0.1) is 5.92 Å². The van der Waals surface area contributed by atoms with Gasteiger partial charge in [0.25, 0.3) is 0 Å². The SMILES string of the molecule is CCCN(Cc1ncnn1C)CC1CCCNC1. The Morgan fingerprint density at radius 1 is 1.56 bits per heavy atom. The Labute approximate surface area is 110 Å². The molecule has 102 valence electrons. The summed E-state index contributed by atoms with van der Waals surface area (Å²) in [5.41, 5.74) is 0. The zero-order valence-electron chi connectivity index (χ0n) is 11.6. The van der Waals surface area contributed by atoms with Gasteiger partial charge in [0.05, 0.1) is 6.54 Å². The van der Waals surface area contributed by atoms with Crippen molar-refractivity contribution < 1.29 is 0 Å². The van der Waals surface area contributed by atoms with Crippen molar-refractivity contribution in [1.82, 2.24) is 25.0 Å². The summed E-state index contributed by atoms with van der Waals surface area (Å²) in [5.74, 6) is 1.85. The number of nitrogens with one attached hydrogen (secondary N) is 1. The lowest BCUT2D eigenvalue weighted by atomic mass is 9.99. The lowest BCUT2D eigenvalue weighted by Crippen LogP contribution is -2.38. The molecule has 1 unspecified atom stereocenters. The van der Waals surface area contributed by atoms with Gasteiger partial charge in [0.15, 0.2) is 0 Å². The number of aryl methyl sites for hydroxylation is 1. The Morgan fingerprint density at radius 3 is 3.06 bits per heavy atom. The number of aromatic nitrogens is 3. The second-order valence-electron chi connectivity index (χ2n) is 5.25. The fourth-order valence-corrected chi connectivity index (χ4v) is 2.66. The quantitative estimate of drug-likeness (QED) is 0.820. The van der Waals surface area contributed by atoms with Crippen LogP contribution in [0.15, 0.2) is 6.33 Å². The van der Waals surface area contributed by atoms with E-state index in [0.29, 0.717) is 0 Å². The first kappa shape index (κ1) is 13.5. The van der Waals surface area contributed by atoms with Gasteiger partial charge in [-0.3, -0.25) is 9.58 Å². The molecule has 0 aliphatic carbocycles. The van der Waals surface area contributed by atoms with Crippen LogP contribution in [0.4, 0.5) is 0 Å². The summed E-state index contributed by atoms with van der Waals surface area (Å²) >= 11 is 0. The van der Waals surface area contributed by atoms with Crippen LogP contribution < -0.4 is 5.32 Å². The van der Waals surface area contributed by atoms with E-state index in [2.05, 4.69) is 27.2 Å². The van der Waals surface area contributed by atoms with Gasteiger partial charge in [-0.05, 0) is 44.8 Å². The summed E-state index contributed by atoms with van der Waals surface area (Å²) in [6, 6.07) is 0. The van der Waals surface area contributed by atoms with Gasteiger partial charge >= 0.3 is 0 Å². The predicted molar refractivity (Wildman–Crippen MR) is 72.2 cm³/mol. The molecule has 1 fully saturated rings. The van der Waals surface area contributed by atoms with Crippen LogP contribution in [0.2, 0.25) is 0 Å². The van der Waals surface area contributed by atoms with Crippen molar-refractivity contribution in [3.05, 3.63) is 12.2 Å². The van der Waals surface area contributed by atoms with Crippen LogP contribution in [0.1, 0.15) is 32.0 Å². The number of piperidine rings is 1. The van der Waals surface area contributed by atoms with E-state index in [0.717, 1.165) is 24.8 Å². The molecular weight excluding hydrogens is 226 g/mol. The number of nitrogens with zero attached hydrogens (tertiary/aromatic N) is 4. The fourth-order valence-electron chi connectivity index (χ4n) is 2.66. The lowest BCUT2D eigenvalue weighted by Gasteiger charge is -2.29. The van der Waals surface area contributed by atoms with Crippen molar-refractivity contribution in [2.24, 2.45) is 13.0 Å². The van der Waals surface area contributed by atoms with Crippen molar-refractivity contribution in [2.45, 2.75) is 32.7 Å². The van der Waals surface area contributed by atoms with Crippen LogP contribution in [0.3, 0.4) is 0 Å². The highest BCUT2D eigenvalue weighted by Crippen LogP contribution is 2.13. The van der Waals surface area contributed by atoms with E-state index in [1.54, 1.807) is 6.33 Å². The average molecular weight is 251 g/mol. The normalized spacial score (nSPS) is 20.5. The largest absolute Gasteiger partial charge is 0.316 e. The second-order valence-corrected chi connectivity index (χ2v) is 5.25. The molecule has 18 heavy (non-hydrogen) atoms. The zero-order valence-corrected chi connectivity index (χ0v) is 11.6. The highest BCUT2D eigenvalue weighted by molar-refractivity contribution is 4.84. The van der Waals surface area contributed by atoms with Gasteiger partial charge < -0.3 is 5.32 Å². The Morgan fingerprint density at radius 2 is 2.44 bits per heavy atom. The molecule has 0 aromatic carbocycles. The van der Waals surface area contributed by atoms with Gasteiger partial charge in [0.1, 0.15) is 12.2 Å². The third-order valence-corrected chi connectivity index (χ3v) is 3.63. The molecule has 0 bridgehead atoms. The van der Waals surface area contributed by atoms with Crippen LogP contribution >= 0.6 is 0 Å². The van der Waals surface area contributed by atoms with Crippen LogP contribution in [-0.4, -0.2) is 45.8 Å². The zero-order chi connectivity index (χ0) is 12.8. The molecule has 0 spiro atoms. The van der Waals surface area contributed by atoms with Crippen molar-refractivity contribution in [1.29, 1.82) is 0 Å². The predicted octanol–water partition coefficient (Wildman–Crippen LogP) is 1.03. The second kappa shape index (κ2) is 6.85. The Hall–Kier alpha value is -0.940. The third-order valence-electron chi connectivity index (χ3n) is 3.63. The minimum Gasteiger partial charge on any atom is -0.316 e. The smallest absolute Gasteiger partial charge is 0.140 e. The van der Waals surface area contributed by atoms with E-state index in [1.165, 1.54) is 38.9 Å². The molecule has 5 nitrogen and oxygen atoms in total. The molecule has 1 aromatic rings. The van der Waals surface area contributed by atoms with Gasteiger partial charge in [-0.15, -0.1) is 0 Å². The van der Waals surface area contributed by atoms with Gasteiger partial charge in [0, 0.05) is 13.6 Å². The number of hydrogen-bond donors (Lipinski definition) is 1. The molecule has 2 heterocycles. The van der Waals surface area contributed by atoms with Crippen LogP contribution in [-0.2, 0) is 13.6 Å². The van der Waals surface area contributed by atoms with E-state index in [9.17, 15) is 0 Å². The Kier molecular flexibility index (Phi) is 5.13. The summed E-state index contributed by atoms with van der Waals surface area (Å²) in [4.78, 5) is 6.84. The third kappa shape index (κ3) is 3.78. The van der Waals surface area contributed by atoms with Crippen molar-refractivity contribution in [2.75, 3.05) is 26.2 Å². The fraction of sp³-hybridized carbons (Fsp3) is 0.846. The summed E-state index contributed by atoms with van der Waals surface area (Å²) in [7, 11) is 1.97. The number of rotatable bonds is 6. The molecule has 1 N–H and O–H groups in total. The van der Waals surface area contributed by atoms with Crippen LogP contribution in [0.5, 0.6) is 0 Å². The van der Waals surface area contributed by atoms with E-state index < -0.39 is 0 Å². The first-order chi connectivity index (χ1) is 8.79. The maximum absolute atomic E-state index is 4.33. The molecule has 1 aromatic heterocycles. The molecule has 0 saturated carbocycles. The average Bonchev–Trinajstić information content (AvgIpc) is 2.77. The summed E-state index contributed by atoms with van der Waals surface area (Å²) in [6.45, 7) is 7.83. The molecule has 5 heteroatoms. The highest BCUT2D eigenvalue weighted by atomic mass is 15.3. The molecule has 1 atom stereocenters. The Balaban J connectivity index is 1.88. The number of hydrogen-bond acceptors (Lipinski definition) is 4. The molecule has 0 radical (unpaired) electrons. The molecular formula is C13H25N5. The monoisotopic (exact) mass is 251 g/mol. The van der Waals surface area contributed by atoms with Crippen molar-refractivity contribution in [3.63, 3.8) is 0 Å². The first-order valence-electron chi connectivity index (χ1n) is 7.05. The Bertz CT molecular complexity index is 343. The topological polar surface area (TPSA) is 46.0 Å². The van der Waals surface area contributed by atoms with Gasteiger partial charge in [-0.25, -0.2) is 4.98 Å². The van der Waals surface area contributed by atoms with E-state index in [4.69, 9.17) is 0 Å². The molecule has 2 rings (SSSR count). The minimum absolute atomic E-state index is 0.790. The molecule has 1 aliphatic rings. The molecule has 1 aliphatic heterocycles. The maximum atomic E-state index is 4.33. The van der Waals surface area contributed by atoms with Crippen molar-refractivity contribution in [3.8, 4) is 0 Å². The minimum atomic E-state index is 0.790. The van der Waals surface area contributed by atoms with E-state index >= 15 is 0 Å². The van der Waals surface area contributed by atoms with Gasteiger partial charge in [-0.2, -0.15) is 5.10 Å². The highest BCUT2D eigenvalue weighted by Gasteiger charge is 2.17. The van der Waals surface area contributed by atoms with Crippen molar-refractivity contribution >= 4 is 0 Å². The summed E-state index contributed by atoms with van der Waals surface area (Å²) < 4.78 is 1.88. The molecule has 1 saturated heterocycles. The van der Waals surface area contributed by atoms with E-state index in [-0.39, 0.29) is 0 Å². The van der Waals surface area contributed by atoms with Gasteiger partial charge in [-0.1, -0.05) is 6.92 Å². The van der Waals surface area contributed by atoms with E-state index in [1.807, 2.05) is 11.7 Å². The maximum Gasteiger partial charge on any atom is 0.140 e. The summed E-state index contributed by atoms with van der Waals surface area (Å²) in [5, 5.41) is 7.64. The van der Waals surface area contributed by atoms with Gasteiger partial charge in [0.2, 0.25) is 0 Å².